The highest BCUT2D eigenvalue weighted by Crippen LogP contribution is 2.12. The number of carbonyl (C=O) groups excluding carboxylic acids is 1. The Labute approximate surface area is 117 Å². The molecule has 0 unspecified atom stereocenters. The number of nitrogens with one attached hydrogen (secondary N) is 1. The van der Waals surface area contributed by atoms with Gasteiger partial charge in [0.1, 0.15) is 9.84 Å². The van der Waals surface area contributed by atoms with Crippen LogP contribution in [0, 0.1) is 0 Å². The average molecular weight is 302 g/mol. The molecule has 0 saturated carbocycles. The van der Waals surface area contributed by atoms with Gasteiger partial charge in [-0.2, -0.15) is 11.8 Å². The number of benzene rings is 1. The van der Waals surface area contributed by atoms with Crippen LogP contribution in [0.5, 0.6) is 0 Å². The molecule has 0 radical (unpaired) electrons. The molecule has 3 N–H and O–H groups in total. The highest BCUT2D eigenvalue weighted by molar-refractivity contribution is 8.00. The first-order valence-corrected chi connectivity index (χ1v) is 8.99. The summed E-state index contributed by atoms with van der Waals surface area (Å²) >= 11 is 1.46. The number of hydrogen-bond acceptors (Lipinski definition) is 5. The van der Waals surface area contributed by atoms with Crippen molar-refractivity contribution in [3.05, 3.63) is 24.3 Å². The molecule has 1 aromatic carbocycles. The predicted octanol–water partition coefficient (Wildman–Crippen LogP) is 1.38. The second-order valence-corrected chi connectivity index (χ2v) is 7.65. The Morgan fingerprint density at radius 3 is 2.74 bits per heavy atom. The van der Waals surface area contributed by atoms with Crippen LogP contribution < -0.4 is 11.1 Å². The van der Waals surface area contributed by atoms with E-state index in [0.29, 0.717) is 29.3 Å². The molecule has 19 heavy (non-hydrogen) atoms. The largest absolute Gasteiger partial charge is 0.399 e. The average Bonchev–Trinajstić information content (AvgIpc) is 2.26. The SMILES string of the molecule is CS(=O)(=O)CCSCCC(=O)Nc1cccc(N)c1. The van der Waals surface area contributed by atoms with Crippen molar-refractivity contribution in [1.82, 2.24) is 0 Å². The van der Waals surface area contributed by atoms with Crippen LogP contribution >= 0.6 is 11.8 Å². The number of hydrogen-bond donors (Lipinski definition) is 2. The van der Waals surface area contributed by atoms with Crippen molar-refractivity contribution in [3.8, 4) is 0 Å². The topological polar surface area (TPSA) is 89.3 Å². The lowest BCUT2D eigenvalue weighted by atomic mass is 10.3. The lowest BCUT2D eigenvalue weighted by Crippen LogP contribution is -2.13. The maximum absolute atomic E-state index is 11.6. The van der Waals surface area contributed by atoms with Crippen LogP contribution in [0.3, 0.4) is 0 Å². The monoisotopic (exact) mass is 302 g/mol. The summed E-state index contributed by atoms with van der Waals surface area (Å²) in [6.07, 6.45) is 1.56. The third-order valence-electron chi connectivity index (χ3n) is 2.24. The number of sulfone groups is 1. The Bertz CT molecular complexity index is 530. The summed E-state index contributed by atoms with van der Waals surface area (Å²) in [6.45, 7) is 0. The van der Waals surface area contributed by atoms with E-state index < -0.39 is 9.84 Å². The maximum atomic E-state index is 11.6. The normalized spacial score (nSPS) is 11.2. The molecule has 0 aliphatic carbocycles. The molecule has 0 saturated heterocycles. The standard InChI is InChI=1S/C12H18N2O3S2/c1-19(16,17)8-7-18-6-5-12(15)14-11-4-2-3-10(13)9-11/h2-4,9H,5-8,13H2,1H3,(H,14,15). The molecule has 0 aromatic heterocycles. The van der Waals surface area contributed by atoms with E-state index >= 15 is 0 Å². The minimum absolute atomic E-state index is 0.0996. The number of amides is 1. The first-order chi connectivity index (χ1) is 8.87. The van der Waals surface area contributed by atoms with E-state index in [1.807, 2.05) is 0 Å². The first-order valence-electron chi connectivity index (χ1n) is 5.78. The summed E-state index contributed by atoms with van der Waals surface area (Å²) in [7, 11) is -2.91. The molecule has 1 rings (SSSR count). The molecule has 0 fully saturated rings. The van der Waals surface area contributed by atoms with Gasteiger partial charge in [-0.3, -0.25) is 4.79 Å². The van der Waals surface area contributed by atoms with Crippen LogP contribution in [0.25, 0.3) is 0 Å². The van der Waals surface area contributed by atoms with Gasteiger partial charge in [-0.1, -0.05) is 6.07 Å². The zero-order chi connectivity index (χ0) is 14.3. The van der Waals surface area contributed by atoms with Gasteiger partial charge < -0.3 is 11.1 Å². The van der Waals surface area contributed by atoms with Gasteiger partial charge in [-0.05, 0) is 18.2 Å². The van der Waals surface area contributed by atoms with Crippen LogP contribution in [0.2, 0.25) is 0 Å². The Kier molecular flexibility index (Phi) is 6.17. The minimum Gasteiger partial charge on any atom is -0.399 e. The van der Waals surface area contributed by atoms with Crippen LogP contribution in [0.15, 0.2) is 24.3 Å². The highest BCUT2D eigenvalue weighted by atomic mass is 32.2. The molecule has 5 nitrogen and oxygen atoms in total. The van der Waals surface area contributed by atoms with Crippen molar-refractivity contribution < 1.29 is 13.2 Å². The molecule has 106 valence electrons. The molecule has 0 aliphatic heterocycles. The summed E-state index contributed by atoms with van der Waals surface area (Å²) in [4.78, 5) is 11.6. The Morgan fingerprint density at radius 1 is 1.37 bits per heavy atom. The Hall–Kier alpha value is -1.21. The lowest BCUT2D eigenvalue weighted by molar-refractivity contribution is -0.115. The van der Waals surface area contributed by atoms with E-state index in [0.717, 1.165) is 0 Å². The van der Waals surface area contributed by atoms with Crippen molar-refractivity contribution in [2.45, 2.75) is 6.42 Å². The molecule has 7 heteroatoms. The number of thioether (sulfide) groups is 1. The molecule has 0 atom stereocenters. The van der Waals surface area contributed by atoms with E-state index in [-0.39, 0.29) is 11.7 Å². The summed E-state index contributed by atoms with van der Waals surface area (Å²) in [6, 6.07) is 6.97. The number of rotatable bonds is 7. The molecule has 1 aromatic rings. The predicted molar refractivity (Wildman–Crippen MR) is 81.1 cm³/mol. The number of nitrogen functional groups attached to an aromatic ring is 1. The fourth-order valence-electron chi connectivity index (χ4n) is 1.32. The van der Waals surface area contributed by atoms with Gasteiger partial charge >= 0.3 is 0 Å². The van der Waals surface area contributed by atoms with Crippen molar-refractivity contribution in [2.75, 3.05) is 34.6 Å². The zero-order valence-corrected chi connectivity index (χ0v) is 12.4. The van der Waals surface area contributed by atoms with Crippen molar-refractivity contribution >= 4 is 38.9 Å². The first kappa shape index (κ1) is 15.8. The summed E-state index contributed by atoms with van der Waals surface area (Å²) in [5, 5.41) is 2.74. The molecular weight excluding hydrogens is 284 g/mol. The van der Waals surface area contributed by atoms with Gasteiger partial charge in [0.25, 0.3) is 0 Å². The van der Waals surface area contributed by atoms with E-state index in [1.165, 1.54) is 18.0 Å². The van der Waals surface area contributed by atoms with Gasteiger partial charge in [-0.25, -0.2) is 8.42 Å². The lowest BCUT2D eigenvalue weighted by Gasteiger charge is -2.05. The van der Waals surface area contributed by atoms with Crippen LogP contribution in [0.1, 0.15) is 6.42 Å². The van der Waals surface area contributed by atoms with E-state index in [4.69, 9.17) is 5.73 Å². The molecule has 0 heterocycles. The Morgan fingerprint density at radius 2 is 2.11 bits per heavy atom. The molecule has 1 amide bonds. The third-order valence-corrected chi connectivity index (χ3v) is 4.43. The summed E-state index contributed by atoms with van der Waals surface area (Å²) in [5.74, 6) is 1.17. The fourth-order valence-corrected chi connectivity index (χ4v) is 3.53. The summed E-state index contributed by atoms with van der Waals surface area (Å²) < 4.78 is 21.8. The van der Waals surface area contributed by atoms with Gasteiger partial charge in [0.15, 0.2) is 0 Å². The summed E-state index contributed by atoms with van der Waals surface area (Å²) in [5.41, 5.74) is 6.87. The van der Waals surface area contributed by atoms with Gasteiger partial charge in [0.05, 0.1) is 5.75 Å². The van der Waals surface area contributed by atoms with E-state index in [1.54, 1.807) is 24.3 Å². The van der Waals surface area contributed by atoms with Crippen LogP contribution in [-0.2, 0) is 14.6 Å². The number of anilines is 2. The molecular formula is C12H18N2O3S2. The van der Waals surface area contributed by atoms with E-state index in [9.17, 15) is 13.2 Å². The smallest absolute Gasteiger partial charge is 0.225 e. The zero-order valence-electron chi connectivity index (χ0n) is 10.8. The Balaban J connectivity index is 2.22. The van der Waals surface area contributed by atoms with Gasteiger partial charge in [0.2, 0.25) is 5.91 Å². The molecule has 0 aliphatic rings. The minimum atomic E-state index is -2.91. The molecule has 0 bridgehead atoms. The van der Waals surface area contributed by atoms with Crippen LogP contribution in [0.4, 0.5) is 11.4 Å². The second-order valence-electron chi connectivity index (χ2n) is 4.17. The van der Waals surface area contributed by atoms with Crippen LogP contribution in [-0.4, -0.2) is 37.8 Å². The highest BCUT2D eigenvalue weighted by Gasteiger charge is 2.04. The van der Waals surface area contributed by atoms with Gasteiger partial charge in [-0.15, -0.1) is 0 Å². The number of nitrogens with two attached hydrogens (primary N) is 1. The number of carbonyl (C=O) groups is 1. The third kappa shape index (κ3) is 7.74. The van der Waals surface area contributed by atoms with Gasteiger partial charge in [0, 0.05) is 35.6 Å². The second kappa shape index (κ2) is 7.40. The van der Waals surface area contributed by atoms with Crippen molar-refractivity contribution in [2.24, 2.45) is 0 Å². The maximum Gasteiger partial charge on any atom is 0.225 e. The quantitative estimate of drug-likeness (QED) is 0.586. The molecule has 0 spiro atoms. The fraction of sp³-hybridized carbons (Fsp3) is 0.417. The van der Waals surface area contributed by atoms with Crippen molar-refractivity contribution in [1.29, 1.82) is 0 Å². The van der Waals surface area contributed by atoms with E-state index in [2.05, 4.69) is 5.32 Å². The van der Waals surface area contributed by atoms with Crippen molar-refractivity contribution in [3.63, 3.8) is 0 Å².